The topological polar surface area (TPSA) is 67.3 Å². The molecule has 0 unspecified atom stereocenters. The molecule has 2 N–H and O–H groups in total. The number of para-hydroxylation sites is 2. The Morgan fingerprint density at radius 2 is 1.95 bits per heavy atom. The highest BCUT2D eigenvalue weighted by Gasteiger charge is 2.18. The molecular weight excluding hydrogens is 242 g/mol. The Morgan fingerprint density at radius 3 is 2.58 bits per heavy atom. The first-order valence-corrected chi connectivity index (χ1v) is 6.29. The summed E-state index contributed by atoms with van der Waals surface area (Å²) >= 11 is 0. The van der Waals surface area contributed by atoms with Gasteiger partial charge in [0.2, 0.25) is 0 Å². The fourth-order valence-electron chi connectivity index (χ4n) is 1.92. The molecule has 1 saturated heterocycles. The maximum Gasteiger partial charge on any atom is 0.169 e. The molecule has 2 heterocycles. The van der Waals surface area contributed by atoms with Gasteiger partial charge in [-0.1, -0.05) is 12.1 Å². The van der Waals surface area contributed by atoms with Gasteiger partial charge < -0.3 is 15.2 Å². The summed E-state index contributed by atoms with van der Waals surface area (Å²) in [5, 5.41) is 12.8. The van der Waals surface area contributed by atoms with Crippen LogP contribution in [0, 0.1) is 5.92 Å². The number of rotatable bonds is 4. The summed E-state index contributed by atoms with van der Waals surface area (Å²) in [7, 11) is 0. The quantitative estimate of drug-likeness (QED) is 0.873. The van der Waals surface area contributed by atoms with Gasteiger partial charge in [0.25, 0.3) is 0 Å². The van der Waals surface area contributed by atoms with E-state index in [0.717, 1.165) is 25.3 Å². The highest BCUT2D eigenvalue weighted by Crippen LogP contribution is 2.29. The van der Waals surface area contributed by atoms with Crippen LogP contribution in [-0.2, 0) is 6.42 Å². The predicted octanol–water partition coefficient (Wildman–Crippen LogP) is 1.74. The summed E-state index contributed by atoms with van der Waals surface area (Å²) in [4.78, 5) is 8.56. The zero-order valence-electron chi connectivity index (χ0n) is 10.4. The lowest BCUT2D eigenvalue weighted by atomic mass is 9.99. The second-order valence-electron chi connectivity index (χ2n) is 4.63. The minimum absolute atomic E-state index is 0.104. The Kier molecular flexibility index (Phi) is 3.29. The summed E-state index contributed by atoms with van der Waals surface area (Å²) in [6.07, 6.45) is 4.17. The van der Waals surface area contributed by atoms with Crippen molar-refractivity contribution in [1.29, 1.82) is 0 Å². The summed E-state index contributed by atoms with van der Waals surface area (Å²) in [5.41, 5.74) is 0. The normalized spacial score (nSPS) is 14.9. The minimum Gasteiger partial charge on any atom is -0.504 e. The van der Waals surface area contributed by atoms with Crippen LogP contribution in [0.1, 0.15) is 5.82 Å². The Bertz CT molecular complexity index is 553. The lowest BCUT2D eigenvalue weighted by Gasteiger charge is -2.26. The Balaban J connectivity index is 1.67. The van der Waals surface area contributed by atoms with Gasteiger partial charge in [-0.3, -0.25) is 0 Å². The number of nitrogens with one attached hydrogen (secondary N) is 1. The zero-order chi connectivity index (χ0) is 13.1. The van der Waals surface area contributed by atoms with Crippen LogP contribution in [0.5, 0.6) is 17.2 Å². The molecule has 0 bridgehead atoms. The van der Waals surface area contributed by atoms with Crippen molar-refractivity contribution in [2.45, 2.75) is 6.42 Å². The number of phenols is 1. The molecule has 2 aromatic rings. The molecule has 0 atom stereocenters. The number of hydrogen-bond acceptors (Lipinski definition) is 5. The molecule has 5 nitrogen and oxygen atoms in total. The van der Waals surface area contributed by atoms with Crippen LogP contribution < -0.4 is 10.1 Å². The third-order valence-electron chi connectivity index (χ3n) is 3.11. The first-order chi connectivity index (χ1) is 9.31. The molecule has 0 amide bonds. The average Bonchev–Trinajstić information content (AvgIpc) is 2.38. The van der Waals surface area contributed by atoms with Crippen LogP contribution in [0.4, 0.5) is 0 Å². The molecule has 1 aliphatic heterocycles. The molecule has 1 aromatic heterocycles. The summed E-state index contributed by atoms with van der Waals surface area (Å²) in [5.74, 6) is 2.51. The standard InChI is InChI=1S/C14H15N3O2/c18-12-3-1-2-4-13(12)19-11-8-16-14(17-9-11)5-10-6-15-7-10/h1-4,8-10,15,18H,5-7H2. The number of aromatic hydroxyl groups is 1. The van der Waals surface area contributed by atoms with Crippen LogP contribution in [-0.4, -0.2) is 28.2 Å². The van der Waals surface area contributed by atoms with E-state index in [1.807, 2.05) is 0 Å². The molecule has 1 fully saturated rings. The van der Waals surface area contributed by atoms with Gasteiger partial charge >= 0.3 is 0 Å². The first kappa shape index (κ1) is 11.9. The van der Waals surface area contributed by atoms with E-state index >= 15 is 0 Å². The number of hydrogen-bond donors (Lipinski definition) is 2. The summed E-state index contributed by atoms with van der Waals surface area (Å²) in [6.45, 7) is 2.08. The summed E-state index contributed by atoms with van der Waals surface area (Å²) in [6, 6.07) is 6.82. The molecule has 0 radical (unpaired) electrons. The van der Waals surface area contributed by atoms with Crippen molar-refractivity contribution in [3.05, 3.63) is 42.5 Å². The molecule has 5 heteroatoms. The van der Waals surface area contributed by atoms with Gasteiger partial charge in [-0.25, -0.2) is 9.97 Å². The van der Waals surface area contributed by atoms with Gasteiger partial charge in [0, 0.05) is 6.42 Å². The third-order valence-corrected chi connectivity index (χ3v) is 3.11. The largest absolute Gasteiger partial charge is 0.504 e. The zero-order valence-corrected chi connectivity index (χ0v) is 10.4. The predicted molar refractivity (Wildman–Crippen MR) is 70.3 cm³/mol. The fourth-order valence-corrected chi connectivity index (χ4v) is 1.92. The second kappa shape index (κ2) is 5.24. The number of ether oxygens (including phenoxy) is 1. The van der Waals surface area contributed by atoms with E-state index in [1.54, 1.807) is 36.7 Å². The third kappa shape index (κ3) is 2.82. The number of aromatic nitrogens is 2. The lowest BCUT2D eigenvalue weighted by Crippen LogP contribution is -2.43. The first-order valence-electron chi connectivity index (χ1n) is 6.29. The van der Waals surface area contributed by atoms with E-state index in [-0.39, 0.29) is 5.75 Å². The Labute approximate surface area is 111 Å². The van der Waals surface area contributed by atoms with Gasteiger partial charge in [-0.05, 0) is 31.1 Å². The van der Waals surface area contributed by atoms with Gasteiger partial charge in [0.15, 0.2) is 17.2 Å². The van der Waals surface area contributed by atoms with E-state index in [2.05, 4.69) is 15.3 Å². The monoisotopic (exact) mass is 257 g/mol. The molecule has 1 aromatic carbocycles. The molecule has 0 saturated carbocycles. The van der Waals surface area contributed by atoms with Crippen LogP contribution in [0.2, 0.25) is 0 Å². The number of benzene rings is 1. The van der Waals surface area contributed by atoms with Crippen LogP contribution in [0.3, 0.4) is 0 Å². The van der Waals surface area contributed by atoms with Crippen molar-refractivity contribution < 1.29 is 9.84 Å². The van der Waals surface area contributed by atoms with Gasteiger partial charge in [-0.2, -0.15) is 0 Å². The van der Waals surface area contributed by atoms with Crippen LogP contribution >= 0.6 is 0 Å². The fraction of sp³-hybridized carbons (Fsp3) is 0.286. The van der Waals surface area contributed by atoms with Gasteiger partial charge in [0.05, 0.1) is 12.4 Å². The van der Waals surface area contributed by atoms with Crippen molar-refractivity contribution in [3.63, 3.8) is 0 Å². The van der Waals surface area contributed by atoms with E-state index in [1.165, 1.54) is 0 Å². The van der Waals surface area contributed by atoms with Crippen LogP contribution in [0.15, 0.2) is 36.7 Å². The molecule has 3 rings (SSSR count). The van der Waals surface area contributed by atoms with Crippen molar-refractivity contribution in [1.82, 2.24) is 15.3 Å². The number of nitrogens with zero attached hydrogens (tertiary/aromatic N) is 2. The van der Waals surface area contributed by atoms with E-state index < -0.39 is 0 Å². The van der Waals surface area contributed by atoms with E-state index in [4.69, 9.17) is 4.74 Å². The highest BCUT2D eigenvalue weighted by molar-refractivity contribution is 5.40. The molecule has 0 spiro atoms. The lowest BCUT2D eigenvalue weighted by molar-refractivity contribution is 0.340. The Morgan fingerprint density at radius 1 is 1.21 bits per heavy atom. The van der Waals surface area contributed by atoms with Gasteiger partial charge in [0.1, 0.15) is 5.82 Å². The smallest absolute Gasteiger partial charge is 0.169 e. The van der Waals surface area contributed by atoms with E-state index in [9.17, 15) is 5.11 Å². The van der Waals surface area contributed by atoms with Crippen molar-refractivity contribution in [2.75, 3.05) is 13.1 Å². The van der Waals surface area contributed by atoms with Gasteiger partial charge in [-0.15, -0.1) is 0 Å². The maximum atomic E-state index is 9.61. The minimum atomic E-state index is 0.104. The average molecular weight is 257 g/mol. The van der Waals surface area contributed by atoms with Crippen LogP contribution in [0.25, 0.3) is 0 Å². The van der Waals surface area contributed by atoms with E-state index in [0.29, 0.717) is 17.4 Å². The molecular formula is C14H15N3O2. The molecule has 0 aliphatic carbocycles. The highest BCUT2D eigenvalue weighted by atomic mass is 16.5. The molecule has 19 heavy (non-hydrogen) atoms. The Hall–Kier alpha value is -2.14. The molecule has 1 aliphatic rings. The molecule has 98 valence electrons. The number of phenolic OH excluding ortho intramolecular Hbond substituents is 1. The van der Waals surface area contributed by atoms with Crippen molar-refractivity contribution >= 4 is 0 Å². The van der Waals surface area contributed by atoms with Crippen molar-refractivity contribution in [3.8, 4) is 17.2 Å². The SMILES string of the molecule is Oc1ccccc1Oc1cnc(CC2CNC2)nc1. The van der Waals surface area contributed by atoms with Crippen molar-refractivity contribution in [2.24, 2.45) is 5.92 Å². The summed E-state index contributed by atoms with van der Waals surface area (Å²) < 4.78 is 5.52. The second-order valence-corrected chi connectivity index (χ2v) is 4.63. The maximum absolute atomic E-state index is 9.61.